The van der Waals surface area contributed by atoms with Gasteiger partial charge in [0.1, 0.15) is 0 Å². The molecule has 1 N–H and O–H groups in total. The van der Waals surface area contributed by atoms with Crippen molar-refractivity contribution >= 4 is 35.6 Å². The van der Waals surface area contributed by atoms with Crippen molar-refractivity contribution in [3.8, 4) is 11.1 Å². The molecule has 0 bridgehead atoms. The first-order valence-corrected chi connectivity index (χ1v) is 6.77. The number of halogens is 3. The van der Waals surface area contributed by atoms with Crippen LogP contribution in [0.1, 0.15) is 11.1 Å². The first-order valence-electron chi connectivity index (χ1n) is 6.01. The molecule has 0 saturated carbocycles. The normalized spacial score (nSPS) is 13.6. The van der Waals surface area contributed by atoms with Crippen LogP contribution in [0.4, 0.5) is 0 Å². The molecule has 0 spiro atoms. The quantitative estimate of drug-likeness (QED) is 0.802. The summed E-state index contributed by atoms with van der Waals surface area (Å²) in [7, 11) is 0. The maximum Gasteiger partial charge on any atom is 0.0426 e. The van der Waals surface area contributed by atoms with E-state index in [9.17, 15) is 0 Å². The standard InChI is InChI=1S/C15H13Cl2N.ClH/c16-14-6-13(7-15(17)8-14)10-1-2-12-9-18-4-3-11(12)5-10;/h1-2,5-8,18H,3-4,9H2;1H. The van der Waals surface area contributed by atoms with Gasteiger partial charge in [0.25, 0.3) is 0 Å². The SMILES string of the molecule is Cl.Clc1cc(Cl)cc(-c2ccc3c(c2)CCNC3)c1. The topological polar surface area (TPSA) is 12.0 Å². The van der Waals surface area contributed by atoms with Crippen LogP contribution in [0.5, 0.6) is 0 Å². The smallest absolute Gasteiger partial charge is 0.0426 e. The van der Waals surface area contributed by atoms with Gasteiger partial charge in [-0.15, -0.1) is 12.4 Å². The van der Waals surface area contributed by atoms with Gasteiger partial charge < -0.3 is 5.32 Å². The Balaban J connectivity index is 0.00000133. The van der Waals surface area contributed by atoms with Crippen molar-refractivity contribution in [2.75, 3.05) is 6.54 Å². The lowest BCUT2D eigenvalue weighted by Crippen LogP contribution is -2.23. The molecule has 1 nitrogen and oxygen atoms in total. The van der Waals surface area contributed by atoms with E-state index >= 15 is 0 Å². The molecule has 0 unspecified atom stereocenters. The zero-order chi connectivity index (χ0) is 12.5. The number of benzene rings is 2. The molecule has 0 aliphatic carbocycles. The van der Waals surface area contributed by atoms with Crippen molar-refractivity contribution < 1.29 is 0 Å². The highest BCUT2D eigenvalue weighted by atomic mass is 35.5. The summed E-state index contributed by atoms with van der Waals surface area (Å²) in [5, 5.41) is 4.73. The second-order valence-electron chi connectivity index (χ2n) is 4.57. The molecule has 0 fully saturated rings. The fourth-order valence-electron chi connectivity index (χ4n) is 2.38. The molecule has 0 atom stereocenters. The van der Waals surface area contributed by atoms with Crippen molar-refractivity contribution in [1.82, 2.24) is 5.32 Å². The van der Waals surface area contributed by atoms with Gasteiger partial charge in [-0.1, -0.05) is 41.4 Å². The fourth-order valence-corrected chi connectivity index (χ4v) is 2.90. The zero-order valence-corrected chi connectivity index (χ0v) is 12.6. The van der Waals surface area contributed by atoms with Crippen molar-refractivity contribution in [3.05, 3.63) is 57.6 Å². The largest absolute Gasteiger partial charge is 0.312 e. The predicted molar refractivity (Wildman–Crippen MR) is 84.6 cm³/mol. The zero-order valence-electron chi connectivity index (χ0n) is 10.2. The molecule has 0 amide bonds. The molecule has 1 aliphatic rings. The van der Waals surface area contributed by atoms with Crippen LogP contribution in [-0.2, 0) is 13.0 Å². The summed E-state index contributed by atoms with van der Waals surface area (Å²) in [6.07, 6.45) is 1.08. The summed E-state index contributed by atoms with van der Waals surface area (Å²) < 4.78 is 0. The van der Waals surface area contributed by atoms with Crippen LogP contribution in [0.3, 0.4) is 0 Å². The van der Waals surface area contributed by atoms with Crippen LogP contribution in [0.15, 0.2) is 36.4 Å². The van der Waals surface area contributed by atoms with E-state index in [1.54, 1.807) is 6.07 Å². The first kappa shape index (κ1) is 14.7. The van der Waals surface area contributed by atoms with Crippen molar-refractivity contribution in [2.45, 2.75) is 13.0 Å². The van der Waals surface area contributed by atoms with E-state index in [1.807, 2.05) is 12.1 Å². The molecule has 0 radical (unpaired) electrons. The number of nitrogens with one attached hydrogen (secondary N) is 1. The number of rotatable bonds is 1. The van der Waals surface area contributed by atoms with E-state index in [-0.39, 0.29) is 12.4 Å². The maximum absolute atomic E-state index is 6.05. The molecule has 1 heterocycles. The van der Waals surface area contributed by atoms with Gasteiger partial charge in [0.05, 0.1) is 0 Å². The highest BCUT2D eigenvalue weighted by Crippen LogP contribution is 2.29. The van der Waals surface area contributed by atoms with Gasteiger partial charge in [0.15, 0.2) is 0 Å². The third kappa shape index (κ3) is 3.24. The molecular formula is C15H14Cl3N. The average molecular weight is 315 g/mol. The van der Waals surface area contributed by atoms with Crippen molar-refractivity contribution in [3.63, 3.8) is 0 Å². The third-order valence-corrected chi connectivity index (χ3v) is 3.73. The summed E-state index contributed by atoms with van der Waals surface area (Å²) in [5.74, 6) is 0. The predicted octanol–water partition coefficient (Wildman–Crippen LogP) is 4.73. The second-order valence-corrected chi connectivity index (χ2v) is 5.44. The molecule has 0 aromatic heterocycles. The highest BCUT2D eigenvalue weighted by molar-refractivity contribution is 6.35. The molecule has 3 rings (SSSR count). The molecule has 1 aliphatic heterocycles. The van der Waals surface area contributed by atoms with E-state index in [4.69, 9.17) is 23.2 Å². The Kier molecular flexibility index (Phi) is 4.75. The number of fused-ring (bicyclic) bond motifs is 1. The van der Waals surface area contributed by atoms with Gasteiger partial charge in [0.2, 0.25) is 0 Å². The summed E-state index contributed by atoms with van der Waals surface area (Å²) in [6, 6.07) is 12.2. The lowest BCUT2D eigenvalue weighted by Gasteiger charge is -2.18. The fraction of sp³-hybridized carbons (Fsp3) is 0.200. The molecule has 2 aromatic carbocycles. The lowest BCUT2D eigenvalue weighted by molar-refractivity contribution is 0.644. The molecule has 100 valence electrons. The maximum atomic E-state index is 6.05. The van der Waals surface area contributed by atoms with Crippen LogP contribution in [0.2, 0.25) is 10.0 Å². The summed E-state index contributed by atoms with van der Waals surface area (Å²) in [5.41, 5.74) is 5.06. The van der Waals surface area contributed by atoms with Gasteiger partial charge in [-0.2, -0.15) is 0 Å². The summed E-state index contributed by atoms with van der Waals surface area (Å²) >= 11 is 12.1. The number of hydrogen-bond donors (Lipinski definition) is 1. The number of hydrogen-bond acceptors (Lipinski definition) is 1. The summed E-state index contributed by atoms with van der Waals surface area (Å²) in [6.45, 7) is 2.01. The van der Waals surface area contributed by atoms with Crippen LogP contribution in [0, 0.1) is 0 Å². The Bertz CT molecular complexity index is 576. The van der Waals surface area contributed by atoms with Gasteiger partial charge >= 0.3 is 0 Å². The average Bonchev–Trinajstić information content (AvgIpc) is 2.37. The van der Waals surface area contributed by atoms with Crippen LogP contribution < -0.4 is 5.32 Å². The molecule has 0 saturated heterocycles. The van der Waals surface area contributed by atoms with Gasteiger partial charge in [0, 0.05) is 16.6 Å². The van der Waals surface area contributed by atoms with Crippen LogP contribution in [-0.4, -0.2) is 6.54 Å². The lowest BCUT2D eigenvalue weighted by atomic mass is 9.95. The first-order chi connectivity index (χ1) is 8.72. The van der Waals surface area contributed by atoms with E-state index in [1.165, 1.54) is 16.7 Å². The van der Waals surface area contributed by atoms with E-state index < -0.39 is 0 Å². The summed E-state index contributed by atoms with van der Waals surface area (Å²) in [4.78, 5) is 0. The van der Waals surface area contributed by atoms with E-state index in [0.717, 1.165) is 25.1 Å². The molecule has 19 heavy (non-hydrogen) atoms. The molecular weight excluding hydrogens is 301 g/mol. The van der Waals surface area contributed by atoms with Gasteiger partial charge in [-0.25, -0.2) is 0 Å². The minimum absolute atomic E-state index is 0. The van der Waals surface area contributed by atoms with Crippen LogP contribution in [0.25, 0.3) is 11.1 Å². The minimum Gasteiger partial charge on any atom is -0.312 e. The van der Waals surface area contributed by atoms with Gasteiger partial charge in [-0.05, 0) is 53.4 Å². The monoisotopic (exact) mass is 313 g/mol. The van der Waals surface area contributed by atoms with Crippen LogP contribution >= 0.6 is 35.6 Å². The van der Waals surface area contributed by atoms with E-state index in [0.29, 0.717) is 10.0 Å². The Morgan fingerprint density at radius 2 is 1.58 bits per heavy atom. The van der Waals surface area contributed by atoms with Crippen molar-refractivity contribution in [1.29, 1.82) is 0 Å². The van der Waals surface area contributed by atoms with Gasteiger partial charge in [-0.3, -0.25) is 0 Å². The Labute approximate surface area is 129 Å². The van der Waals surface area contributed by atoms with Crippen molar-refractivity contribution in [2.24, 2.45) is 0 Å². The molecule has 2 aromatic rings. The Morgan fingerprint density at radius 3 is 2.32 bits per heavy atom. The highest BCUT2D eigenvalue weighted by Gasteiger charge is 2.10. The Hall–Kier alpha value is -0.730. The Morgan fingerprint density at radius 1 is 0.842 bits per heavy atom. The minimum atomic E-state index is 0. The second kappa shape index (κ2) is 6.15. The molecule has 4 heteroatoms. The van der Waals surface area contributed by atoms with E-state index in [2.05, 4.69) is 23.5 Å². The third-order valence-electron chi connectivity index (χ3n) is 3.29.